The summed E-state index contributed by atoms with van der Waals surface area (Å²) in [6.45, 7) is 2.74. The van der Waals surface area contributed by atoms with Crippen molar-refractivity contribution in [1.29, 1.82) is 0 Å². The predicted molar refractivity (Wildman–Crippen MR) is 114 cm³/mol. The minimum absolute atomic E-state index is 0.307. The first kappa shape index (κ1) is 20.3. The number of rotatable bonds is 7. The molecule has 0 radical (unpaired) electrons. The van der Waals surface area contributed by atoms with Gasteiger partial charge in [-0.1, -0.05) is 13.3 Å². The summed E-state index contributed by atoms with van der Waals surface area (Å²) in [6.07, 6.45) is 2.03. The number of carbonyl (C=O) groups excluding carboxylic acids is 1. The van der Waals surface area contributed by atoms with Crippen molar-refractivity contribution in [2.45, 2.75) is 31.3 Å². The summed E-state index contributed by atoms with van der Waals surface area (Å²) in [4.78, 5) is 12.9. The Bertz CT molecular complexity index is 1080. The molecule has 4 rings (SSSR count). The van der Waals surface area contributed by atoms with Crippen molar-refractivity contribution >= 4 is 22.5 Å². The lowest BCUT2D eigenvalue weighted by atomic mass is 10.2. The van der Waals surface area contributed by atoms with Crippen molar-refractivity contribution in [3.8, 4) is 11.4 Å². The van der Waals surface area contributed by atoms with Crippen LogP contribution in [-0.4, -0.2) is 26.5 Å². The first-order chi connectivity index (χ1) is 14.5. The Morgan fingerprint density at radius 2 is 1.90 bits per heavy atom. The summed E-state index contributed by atoms with van der Waals surface area (Å²) in [5, 5.41) is 7.42. The SMILES string of the molecule is CCCCOc1ccc(C(=O)Nc2c3c(nn2-c2ccc(F)cc2)C[S@@](=O)C3)cc1. The Morgan fingerprint density at radius 3 is 2.60 bits per heavy atom. The zero-order valence-electron chi connectivity index (χ0n) is 16.6. The van der Waals surface area contributed by atoms with E-state index in [1.165, 1.54) is 12.1 Å². The number of anilines is 1. The van der Waals surface area contributed by atoms with Gasteiger partial charge in [-0.15, -0.1) is 0 Å². The van der Waals surface area contributed by atoms with Gasteiger partial charge >= 0.3 is 0 Å². The first-order valence-corrected chi connectivity index (χ1v) is 11.3. The van der Waals surface area contributed by atoms with Crippen LogP contribution in [-0.2, 0) is 22.3 Å². The van der Waals surface area contributed by atoms with E-state index in [0.29, 0.717) is 46.6 Å². The number of amides is 1. The van der Waals surface area contributed by atoms with Gasteiger partial charge < -0.3 is 10.1 Å². The Hall–Kier alpha value is -3.00. The number of fused-ring (bicyclic) bond motifs is 1. The molecule has 1 amide bonds. The van der Waals surface area contributed by atoms with Crippen LogP contribution in [0.25, 0.3) is 5.69 Å². The summed E-state index contributed by atoms with van der Waals surface area (Å²) in [7, 11) is -1.04. The lowest BCUT2D eigenvalue weighted by Gasteiger charge is -2.12. The third kappa shape index (κ3) is 4.28. The van der Waals surface area contributed by atoms with Crippen LogP contribution in [0.15, 0.2) is 48.5 Å². The van der Waals surface area contributed by atoms with E-state index in [4.69, 9.17) is 4.74 Å². The van der Waals surface area contributed by atoms with Crippen LogP contribution in [0.5, 0.6) is 5.75 Å². The molecule has 0 bridgehead atoms. The monoisotopic (exact) mass is 427 g/mol. The second-order valence-electron chi connectivity index (χ2n) is 7.07. The highest BCUT2D eigenvalue weighted by Crippen LogP contribution is 2.31. The molecule has 2 heterocycles. The van der Waals surface area contributed by atoms with Crippen molar-refractivity contribution in [2.75, 3.05) is 11.9 Å². The van der Waals surface area contributed by atoms with Gasteiger partial charge in [0.15, 0.2) is 0 Å². The molecule has 3 aromatic rings. The number of nitrogens with zero attached hydrogens (tertiary/aromatic N) is 2. The van der Waals surface area contributed by atoms with Crippen LogP contribution in [0.2, 0.25) is 0 Å². The molecular weight excluding hydrogens is 405 g/mol. The maximum atomic E-state index is 13.3. The van der Waals surface area contributed by atoms with Crippen LogP contribution < -0.4 is 10.1 Å². The van der Waals surface area contributed by atoms with Crippen molar-refractivity contribution in [3.05, 3.63) is 71.2 Å². The van der Waals surface area contributed by atoms with E-state index < -0.39 is 10.8 Å². The fourth-order valence-electron chi connectivity index (χ4n) is 3.24. The van der Waals surface area contributed by atoms with Gasteiger partial charge in [0.25, 0.3) is 5.91 Å². The Kier molecular flexibility index (Phi) is 5.94. The van der Waals surface area contributed by atoms with Gasteiger partial charge in [0.05, 0.1) is 29.5 Å². The molecule has 0 fully saturated rings. The maximum Gasteiger partial charge on any atom is 0.256 e. The van der Waals surface area contributed by atoms with Crippen molar-refractivity contribution < 1.29 is 18.1 Å². The van der Waals surface area contributed by atoms with E-state index >= 15 is 0 Å². The number of halogens is 1. The summed E-state index contributed by atoms with van der Waals surface area (Å²) >= 11 is 0. The number of carbonyl (C=O) groups is 1. The van der Waals surface area contributed by atoms with Crippen LogP contribution in [0.4, 0.5) is 10.2 Å². The van der Waals surface area contributed by atoms with Gasteiger partial charge in [-0.2, -0.15) is 5.10 Å². The van der Waals surface area contributed by atoms with E-state index in [2.05, 4.69) is 17.3 Å². The number of hydrogen-bond donors (Lipinski definition) is 1. The van der Waals surface area contributed by atoms with Gasteiger partial charge in [-0.3, -0.25) is 9.00 Å². The molecule has 0 spiro atoms. The molecule has 30 heavy (non-hydrogen) atoms. The second kappa shape index (κ2) is 8.79. The molecule has 1 aromatic heterocycles. The second-order valence-corrected chi connectivity index (χ2v) is 8.53. The minimum Gasteiger partial charge on any atom is -0.494 e. The normalized spacial score (nSPS) is 15.1. The van der Waals surface area contributed by atoms with E-state index in [0.717, 1.165) is 18.4 Å². The molecule has 0 saturated carbocycles. The standard InChI is InChI=1S/C22H22FN3O3S/c1-2-3-12-29-18-10-4-15(5-11-18)22(27)24-21-19-13-30(28)14-20(19)25-26(21)17-8-6-16(23)7-9-17/h4-11H,2-3,12-14H2,1H3,(H,24,27)/t30-/m0/s1. The van der Waals surface area contributed by atoms with Gasteiger partial charge in [0.1, 0.15) is 17.4 Å². The number of benzene rings is 2. The quantitative estimate of drug-likeness (QED) is 0.574. The number of hydrogen-bond acceptors (Lipinski definition) is 4. The molecule has 1 aliphatic heterocycles. The zero-order valence-corrected chi connectivity index (χ0v) is 17.4. The number of ether oxygens (including phenoxy) is 1. The Labute approximate surface area is 176 Å². The average molecular weight is 428 g/mol. The fourth-order valence-corrected chi connectivity index (χ4v) is 4.51. The number of nitrogens with one attached hydrogen (secondary N) is 1. The summed E-state index contributed by atoms with van der Waals surface area (Å²) in [5.41, 5.74) is 2.53. The van der Waals surface area contributed by atoms with Gasteiger partial charge in [-0.25, -0.2) is 9.07 Å². The van der Waals surface area contributed by atoms with Gasteiger partial charge in [0.2, 0.25) is 0 Å². The Morgan fingerprint density at radius 1 is 1.17 bits per heavy atom. The molecule has 6 nitrogen and oxygen atoms in total. The molecule has 2 aromatic carbocycles. The van der Waals surface area contributed by atoms with Crippen LogP contribution in [0, 0.1) is 5.82 Å². The van der Waals surface area contributed by atoms with E-state index in [9.17, 15) is 13.4 Å². The smallest absolute Gasteiger partial charge is 0.256 e. The fraction of sp³-hybridized carbons (Fsp3) is 0.273. The van der Waals surface area contributed by atoms with Gasteiger partial charge in [0, 0.05) is 21.9 Å². The predicted octanol–water partition coefficient (Wildman–Crippen LogP) is 4.20. The molecule has 1 aliphatic rings. The topological polar surface area (TPSA) is 73.2 Å². The average Bonchev–Trinajstić information content (AvgIpc) is 3.26. The zero-order chi connectivity index (χ0) is 21.1. The van der Waals surface area contributed by atoms with Crippen LogP contribution in [0.3, 0.4) is 0 Å². The number of unbranched alkanes of at least 4 members (excludes halogenated alkanes) is 1. The molecule has 0 unspecified atom stereocenters. The third-order valence-corrected chi connectivity index (χ3v) is 6.06. The number of aromatic nitrogens is 2. The molecule has 0 saturated heterocycles. The largest absolute Gasteiger partial charge is 0.494 e. The van der Waals surface area contributed by atoms with E-state index in [1.54, 1.807) is 41.1 Å². The van der Waals surface area contributed by atoms with Crippen LogP contribution >= 0.6 is 0 Å². The highest BCUT2D eigenvalue weighted by atomic mass is 32.2. The molecular formula is C22H22FN3O3S. The van der Waals surface area contributed by atoms with Gasteiger partial charge in [-0.05, 0) is 55.0 Å². The molecule has 8 heteroatoms. The minimum atomic E-state index is -1.04. The van der Waals surface area contributed by atoms with Crippen molar-refractivity contribution in [2.24, 2.45) is 0 Å². The van der Waals surface area contributed by atoms with Crippen molar-refractivity contribution in [3.63, 3.8) is 0 Å². The lowest BCUT2D eigenvalue weighted by Crippen LogP contribution is -2.16. The van der Waals surface area contributed by atoms with E-state index in [1.807, 2.05) is 0 Å². The summed E-state index contributed by atoms with van der Waals surface area (Å²) < 4.78 is 32.5. The Balaban J connectivity index is 1.58. The van der Waals surface area contributed by atoms with Crippen molar-refractivity contribution in [1.82, 2.24) is 9.78 Å². The highest BCUT2D eigenvalue weighted by molar-refractivity contribution is 7.83. The molecule has 1 atom stereocenters. The highest BCUT2D eigenvalue weighted by Gasteiger charge is 2.28. The maximum absolute atomic E-state index is 13.3. The van der Waals surface area contributed by atoms with Crippen LogP contribution in [0.1, 0.15) is 41.4 Å². The summed E-state index contributed by atoms with van der Waals surface area (Å²) in [5.74, 6) is 1.20. The van der Waals surface area contributed by atoms with E-state index in [-0.39, 0.29) is 11.7 Å². The molecule has 1 N–H and O–H groups in total. The lowest BCUT2D eigenvalue weighted by molar-refractivity contribution is 0.102. The third-order valence-electron chi connectivity index (χ3n) is 4.86. The molecule has 156 valence electrons. The summed E-state index contributed by atoms with van der Waals surface area (Å²) in [6, 6.07) is 12.8. The molecule has 0 aliphatic carbocycles. The first-order valence-electron chi connectivity index (χ1n) is 9.81.